The second kappa shape index (κ2) is 14.3. The maximum atomic E-state index is 5.11. The molecule has 3 aromatic carbocycles. The molecule has 2 heteroatoms. The highest BCUT2D eigenvalue weighted by molar-refractivity contribution is 5.30. The first-order chi connectivity index (χ1) is 14.8. The standard InChI is InChI=1S/2C10H14O.C9H12/c1-8(2)9-4-6-10(11-3)7-5-9;1-8(2)9-5-4-6-10(7-9)11-3;1-8(2)9-6-4-3-5-7-9/h2*4-8H,1-3H3;3-8H,1-2H3. The second-order valence-electron chi connectivity index (χ2n) is 8.42. The molecule has 3 aromatic rings. The van der Waals surface area contributed by atoms with Crippen LogP contribution in [-0.2, 0) is 0 Å². The van der Waals surface area contributed by atoms with Crippen molar-refractivity contribution < 1.29 is 9.47 Å². The van der Waals surface area contributed by atoms with Crippen molar-refractivity contribution in [3.8, 4) is 11.5 Å². The first-order valence-electron chi connectivity index (χ1n) is 11.1. The fourth-order valence-electron chi connectivity index (χ4n) is 2.83. The fraction of sp³-hybridized carbons (Fsp3) is 0.379. The van der Waals surface area contributed by atoms with Crippen LogP contribution in [0.25, 0.3) is 0 Å². The van der Waals surface area contributed by atoms with Gasteiger partial charge in [0.1, 0.15) is 11.5 Å². The second-order valence-corrected chi connectivity index (χ2v) is 8.42. The molecule has 0 saturated heterocycles. The van der Waals surface area contributed by atoms with Gasteiger partial charge in [-0.05, 0) is 58.7 Å². The van der Waals surface area contributed by atoms with Crippen LogP contribution in [0.5, 0.6) is 11.5 Å². The van der Waals surface area contributed by atoms with E-state index in [0.717, 1.165) is 11.5 Å². The number of rotatable bonds is 5. The largest absolute Gasteiger partial charge is 0.497 e. The van der Waals surface area contributed by atoms with Crippen LogP contribution < -0.4 is 9.47 Å². The van der Waals surface area contributed by atoms with Crippen molar-refractivity contribution in [2.24, 2.45) is 0 Å². The summed E-state index contributed by atoms with van der Waals surface area (Å²) in [5.74, 6) is 3.70. The summed E-state index contributed by atoms with van der Waals surface area (Å²) in [5, 5.41) is 0. The van der Waals surface area contributed by atoms with Crippen LogP contribution in [0.2, 0.25) is 0 Å². The average molecular weight is 421 g/mol. The van der Waals surface area contributed by atoms with E-state index in [9.17, 15) is 0 Å². The lowest BCUT2D eigenvalue weighted by atomic mass is 10.0. The Morgan fingerprint density at radius 2 is 0.903 bits per heavy atom. The van der Waals surface area contributed by atoms with E-state index in [1.54, 1.807) is 14.2 Å². The predicted molar refractivity (Wildman–Crippen MR) is 135 cm³/mol. The molecule has 0 amide bonds. The van der Waals surface area contributed by atoms with Crippen LogP contribution in [0.4, 0.5) is 0 Å². The Hall–Kier alpha value is -2.74. The number of methoxy groups -OCH3 is 2. The van der Waals surface area contributed by atoms with Crippen molar-refractivity contribution in [3.63, 3.8) is 0 Å². The van der Waals surface area contributed by atoms with Gasteiger partial charge in [-0.1, -0.05) is 96.1 Å². The van der Waals surface area contributed by atoms with E-state index in [2.05, 4.69) is 90.1 Å². The molecule has 0 heterocycles. The molecule has 0 aliphatic heterocycles. The molecule has 31 heavy (non-hydrogen) atoms. The van der Waals surface area contributed by atoms with Crippen LogP contribution in [-0.4, -0.2) is 14.2 Å². The minimum atomic E-state index is 0.574. The highest BCUT2D eigenvalue weighted by Gasteiger charge is 1.99. The summed E-state index contributed by atoms with van der Waals surface area (Å²) >= 11 is 0. The molecule has 0 spiro atoms. The monoisotopic (exact) mass is 420 g/mol. The van der Waals surface area contributed by atoms with Crippen LogP contribution >= 0.6 is 0 Å². The van der Waals surface area contributed by atoms with Crippen molar-refractivity contribution in [2.75, 3.05) is 14.2 Å². The molecule has 0 aliphatic rings. The number of hydrogen-bond acceptors (Lipinski definition) is 2. The number of benzene rings is 3. The van der Waals surface area contributed by atoms with Gasteiger partial charge in [-0.3, -0.25) is 0 Å². The minimum Gasteiger partial charge on any atom is -0.497 e. The lowest BCUT2D eigenvalue weighted by Gasteiger charge is -2.06. The molecule has 168 valence electrons. The molecule has 0 atom stereocenters. The average Bonchev–Trinajstić information content (AvgIpc) is 2.80. The maximum absolute atomic E-state index is 5.11. The van der Waals surface area contributed by atoms with E-state index >= 15 is 0 Å². The summed E-state index contributed by atoms with van der Waals surface area (Å²) in [4.78, 5) is 0. The quantitative estimate of drug-likeness (QED) is 0.412. The first-order valence-corrected chi connectivity index (χ1v) is 11.1. The van der Waals surface area contributed by atoms with Gasteiger partial charge in [0, 0.05) is 0 Å². The van der Waals surface area contributed by atoms with Crippen LogP contribution in [0.1, 0.15) is 76.0 Å². The molecule has 0 aromatic heterocycles. The van der Waals surface area contributed by atoms with Gasteiger partial charge < -0.3 is 9.47 Å². The third-order valence-corrected chi connectivity index (χ3v) is 5.01. The van der Waals surface area contributed by atoms with E-state index in [1.165, 1.54) is 16.7 Å². The Balaban J connectivity index is 0.000000234. The Morgan fingerprint density at radius 3 is 1.32 bits per heavy atom. The fourth-order valence-corrected chi connectivity index (χ4v) is 2.83. The van der Waals surface area contributed by atoms with Crippen molar-refractivity contribution in [1.82, 2.24) is 0 Å². The molecular weight excluding hydrogens is 380 g/mol. The normalized spacial score (nSPS) is 10.2. The van der Waals surface area contributed by atoms with Gasteiger partial charge >= 0.3 is 0 Å². The zero-order valence-corrected chi connectivity index (χ0v) is 20.6. The SMILES string of the molecule is CC(C)c1ccccc1.COc1ccc(C(C)C)cc1.COc1cccc(C(C)C)c1. The van der Waals surface area contributed by atoms with Crippen molar-refractivity contribution in [2.45, 2.75) is 59.3 Å². The number of ether oxygens (including phenoxy) is 2. The van der Waals surface area contributed by atoms with Crippen molar-refractivity contribution in [3.05, 3.63) is 95.6 Å². The van der Waals surface area contributed by atoms with Crippen LogP contribution in [0.15, 0.2) is 78.9 Å². The smallest absolute Gasteiger partial charge is 0.119 e. The lowest BCUT2D eigenvalue weighted by molar-refractivity contribution is 0.414. The molecule has 0 aliphatic carbocycles. The molecule has 0 bridgehead atoms. The van der Waals surface area contributed by atoms with Crippen molar-refractivity contribution >= 4 is 0 Å². The molecule has 0 radical (unpaired) electrons. The van der Waals surface area contributed by atoms with Gasteiger partial charge in [-0.15, -0.1) is 0 Å². The highest BCUT2D eigenvalue weighted by atomic mass is 16.5. The maximum Gasteiger partial charge on any atom is 0.119 e. The van der Waals surface area contributed by atoms with Crippen molar-refractivity contribution in [1.29, 1.82) is 0 Å². The molecule has 0 unspecified atom stereocenters. The van der Waals surface area contributed by atoms with Gasteiger partial charge in [-0.25, -0.2) is 0 Å². The lowest BCUT2D eigenvalue weighted by Crippen LogP contribution is -1.88. The Kier molecular flexibility index (Phi) is 12.1. The summed E-state index contributed by atoms with van der Waals surface area (Å²) in [6.07, 6.45) is 0. The summed E-state index contributed by atoms with van der Waals surface area (Å²) in [6.45, 7) is 13.1. The molecule has 0 N–H and O–H groups in total. The molecule has 3 rings (SSSR count). The summed E-state index contributed by atoms with van der Waals surface area (Å²) in [5.41, 5.74) is 4.09. The van der Waals surface area contributed by atoms with Gasteiger partial charge in [0.25, 0.3) is 0 Å². The molecule has 0 fully saturated rings. The topological polar surface area (TPSA) is 18.5 Å². The Labute approximate surface area is 190 Å². The zero-order valence-electron chi connectivity index (χ0n) is 20.6. The summed E-state index contributed by atoms with van der Waals surface area (Å²) < 4.78 is 10.2. The third-order valence-electron chi connectivity index (χ3n) is 5.01. The van der Waals surface area contributed by atoms with Gasteiger partial charge in [0.15, 0.2) is 0 Å². The van der Waals surface area contributed by atoms with E-state index < -0.39 is 0 Å². The highest BCUT2D eigenvalue weighted by Crippen LogP contribution is 2.19. The Bertz CT molecular complexity index is 834. The molecular formula is C29H40O2. The third kappa shape index (κ3) is 10.2. The van der Waals surface area contributed by atoms with E-state index in [1.807, 2.05) is 30.3 Å². The van der Waals surface area contributed by atoms with Crippen LogP contribution in [0.3, 0.4) is 0 Å². The van der Waals surface area contributed by atoms with E-state index in [4.69, 9.17) is 9.47 Å². The van der Waals surface area contributed by atoms with Gasteiger partial charge in [-0.2, -0.15) is 0 Å². The minimum absolute atomic E-state index is 0.574. The summed E-state index contributed by atoms with van der Waals surface area (Å²) in [7, 11) is 3.38. The van der Waals surface area contributed by atoms with Gasteiger partial charge in [0.2, 0.25) is 0 Å². The first kappa shape index (κ1) is 26.3. The van der Waals surface area contributed by atoms with Gasteiger partial charge in [0.05, 0.1) is 14.2 Å². The Morgan fingerprint density at radius 1 is 0.452 bits per heavy atom. The molecule has 0 saturated carbocycles. The zero-order chi connectivity index (χ0) is 23.2. The number of hydrogen-bond donors (Lipinski definition) is 0. The van der Waals surface area contributed by atoms with Crippen LogP contribution in [0, 0.1) is 0 Å². The summed E-state index contributed by atoms with van der Waals surface area (Å²) in [6, 6.07) is 26.9. The van der Waals surface area contributed by atoms with E-state index in [0.29, 0.717) is 17.8 Å². The molecule has 2 nitrogen and oxygen atoms in total. The predicted octanol–water partition coefficient (Wildman–Crippen LogP) is 8.45. The van der Waals surface area contributed by atoms with E-state index in [-0.39, 0.29) is 0 Å².